The number of nitrogens with two attached hydrogens (primary N) is 1. The predicted molar refractivity (Wildman–Crippen MR) is 72.7 cm³/mol. The van der Waals surface area contributed by atoms with Crippen LogP contribution in [0.5, 0.6) is 5.75 Å². The number of ether oxygens (including phenoxy) is 1. The summed E-state index contributed by atoms with van der Waals surface area (Å²) >= 11 is 0. The summed E-state index contributed by atoms with van der Waals surface area (Å²) < 4.78 is 18.2. The number of anilines is 3. The summed E-state index contributed by atoms with van der Waals surface area (Å²) in [5.74, 6) is 4.38. The van der Waals surface area contributed by atoms with Gasteiger partial charge in [-0.15, -0.1) is 0 Å². The highest BCUT2D eigenvalue weighted by molar-refractivity contribution is 5.73. The van der Waals surface area contributed by atoms with E-state index < -0.39 is 16.4 Å². The van der Waals surface area contributed by atoms with Crippen LogP contribution in [-0.4, -0.2) is 22.0 Å². The van der Waals surface area contributed by atoms with Gasteiger partial charge in [-0.25, -0.2) is 20.2 Å². The second kappa shape index (κ2) is 5.96. The average molecular weight is 294 g/mol. The maximum atomic E-state index is 13.3. The third-order valence-corrected chi connectivity index (χ3v) is 2.56. The molecule has 1 aromatic heterocycles. The van der Waals surface area contributed by atoms with Gasteiger partial charge in [-0.2, -0.15) is 0 Å². The van der Waals surface area contributed by atoms with Crippen molar-refractivity contribution in [1.29, 1.82) is 0 Å². The van der Waals surface area contributed by atoms with Crippen LogP contribution in [0.25, 0.3) is 0 Å². The highest BCUT2D eigenvalue weighted by atomic mass is 19.1. The molecule has 9 nitrogen and oxygen atoms in total. The monoisotopic (exact) mass is 294 g/mol. The molecule has 0 aliphatic heterocycles. The molecule has 1 aromatic carbocycles. The number of hydrazine groups is 1. The fourth-order valence-corrected chi connectivity index (χ4v) is 1.62. The van der Waals surface area contributed by atoms with Gasteiger partial charge in [-0.05, 0) is 12.1 Å². The van der Waals surface area contributed by atoms with Gasteiger partial charge in [0, 0.05) is 11.8 Å². The SMILES string of the molecule is COc1cc(Nc2ncnc(NN)c2[N+](=O)[O-])ccc1F. The zero-order chi connectivity index (χ0) is 15.4. The lowest BCUT2D eigenvalue weighted by molar-refractivity contribution is -0.383. The van der Waals surface area contributed by atoms with Crippen LogP contribution in [0.2, 0.25) is 0 Å². The Morgan fingerprint density at radius 3 is 2.71 bits per heavy atom. The van der Waals surface area contributed by atoms with Gasteiger partial charge in [-0.3, -0.25) is 10.1 Å². The Hall–Kier alpha value is -3.01. The van der Waals surface area contributed by atoms with Crippen molar-refractivity contribution < 1.29 is 14.1 Å². The molecule has 0 saturated carbocycles. The zero-order valence-electron chi connectivity index (χ0n) is 10.8. The lowest BCUT2D eigenvalue weighted by Gasteiger charge is -2.09. The van der Waals surface area contributed by atoms with E-state index in [0.29, 0.717) is 5.69 Å². The summed E-state index contributed by atoms with van der Waals surface area (Å²) in [5.41, 5.74) is 2.05. The Morgan fingerprint density at radius 1 is 1.38 bits per heavy atom. The first-order valence-electron chi connectivity index (χ1n) is 5.63. The summed E-state index contributed by atoms with van der Waals surface area (Å²) in [4.78, 5) is 17.8. The lowest BCUT2D eigenvalue weighted by atomic mass is 10.3. The van der Waals surface area contributed by atoms with Crippen molar-refractivity contribution in [2.24, 2.45) is 5.84 Å². The Bertz CT molecular complexity index is 681. The van der Waals surface area contributed by atoms with Gasteiger partial charge in [0.1, 0.15) is 6.33 Å². The lowest BCUT2D eigenvalue weighted by Crippen LogP contribution is -2.12. The van der Waals surface area contributed by atoms with Crippen LogP contribution in [0.1, 0.15) is 0 Å². The van der Waals surface area contributed by atoms with Gasteiger partial charge in [-0.1, -0.05) is 0 Å². The highest BCUT2D eigenvalue weighted by Crippen LogP contribution is 2.31. The van der Waals surface area contributed by atoms with E-state index in [9.17, 15) is 14.5 Å². The molecule has 0 aliphatic carbocycles. The molecule has 2 aromatic rings. The molecule has 0 unspecified atom stereocenters. The number of halogens is 1. The molecule has 10 heteroatoms. The first-order valence-corrected chi connectivity index (χ1v) is 5.63. The standard InChI is InChI=1S/C11H11FN6O3/c1-21-8-4-6(2-3-7(8)12)16-10-9(18(19)20)11(17-13)15-5-14-10/h2-5H,13H2,1H3,(H2,14,15,16,17). The number of nitro groups is 1. The van der Waals surface area contributed by atoms with Crippen molar-refractivity contribution in [2.75, 3.05) is 17.9 Å². The van der Waals surface area contributed by atoms with Crippen molar-refractivity contribution in [3.63, 3.8) is 0 Å². The van der Waals surface area contributed by atoms with Gasteiger partial charge in [0.25, 0.3) is 0 Å². The maximum absolute atomic E-state index is 13.3. The molecule has 4 N–H and O–H groups in total. The van der Waals surface area contributed by atoms with Crippen LogP contribution in [-0.2, 0) is 0 Å². The summed E-state index contributed by atoms with van der Waals surface area (Å²) in [6.07, 6.45) is 1.10. The molecule has 0 atom stereocenters. The number of methoxy groups -OCH3 is 1. The molecule has 110 valence electrons. The number of nitrogens with zero attached hydrogens (tertiary/aromatic N) is 3. The van der Waals surface area contributed by atoms with Crippen LogP contribution in [0.4, 0.5) is 27.4 Å². The molecule has 0 radical (unpaired) electrons. The molecule has 0 fully saturated rings. The highest BCUT2D eigenvalue weighted by Gasteiger charge is 2.22. The minimum Gasteiger partial charge on any atom is -0.494 e. The van der Waals surface area contributed by atoms with Crippen molar-refractivity contribution >= 4 is 23.0 Å². The zero-order valence-corrected chi connectivity index (χ0v) is 10.8. The van der Waals surface area contributed by atoms with E-state index in [1.165, 1.54) is 19.2 Å². The first-order chi connectivity index (χ1) is 10.1. The normalized spacial score (nSPS) is 10.0. The van der Waals surface area contributed by atoms with Crippen LogP contribution < -0.4 is 21.3 Å². The quantitative estimate of drug-likeness (QED) is 0.430. The summed E-state index contributed by atoms with van der Waals surface area (Å²) in [5, 5.41) is 13.8. The summed E-state index contributed by atoms with van der Waals surface area (Å²) in [6.45, 7) is 0. The molecule has 0 amide bonds. The van der Waals surface area contributed by atoms with Crippen molar-refractivity contribution in [3.8, 4) is 5.75 Å². The predicted octanol–water partition coefficient (Wildman–Crippen LogP) is 1.56. The largest absolute Gasteiger partial charge is 0.494 e. The van der Waals surface area contributed by atoms with Gasteiger partial charge in [0.15, 0.2) is 11.6 Å². The fourth-order valence-electron chi connectivity index (χ4n) is 1.62. The average Bonchev–Trinajstić information content (AvgIpc) is 2.48. The fraction of sp³-hybridized carbons (Fsp3) is 0.0909. The number of nitrogen functional groups attached to an aromatic ring is 1. The summed E-state index contributed by atoms with van der Waals surface area (Å²) in [7, 11) is 1.31. The van der Waals surface area contributed by atoms with Crippen molar-refractivity contribution in [1.82, 2.24) is 9.97 Å². The van der Waals surface area contributed by atoms with Gasteiger partial charge in [0.05, 0.1) is 12.0 Å². The maximum Gasteiger partial charge on any atom is 0.354 e. The van der Waals surface area contributed by atoms with Gasteiger partial charge in [0.2, 0.25) is 11.6 Å². The third kappa shape index (κ3) is 2.95. The van der Waals surface area contributed by atoms with Crippen LogP contribution >= 0.6 is 0 Å². The Kier molecular flexibility index (Phi) is 4.09. The van der Waals surface area contributed by atoms with E-state index in [0.717, 1.165) is 12.4 Å². The third-order valence-electron chi connectivity index (χ3n) is 2.56. The molecule has 2 rings (SSSR count). The number of rotatable bonds is 5. The second-order valence-corrected chi connectivity index (χ2v) is 3.80. The molecular formula is C11H11FN6O3. The molecule has 0 aliphatic rings. The molecular weight excluding hydrogens is 283 g/mol. The number of hydrogen-bond donors (Lipinski definition) is 3. The smallest absolute Gasteiger partial charge is 0.354 e. The molecule has 0 spiro atoms. The minimum atomic E-state index is -0.682. The van der Waals surface area contributed by atoms with E-state index in [1.807, 2.05) is 0 Å². The van der Waals surface area contributed by atoms with E-state index in [2.05, 4.69) is 20.7 Å². The van der Waals surface area contributed by atoms with Crippen molar-refractivity contribution in [3.05, 3.63) is 40.5 Å². The van der Waals surface area contributed by atoms with E-state index >= 15 is 0 Å². The first kappa shape index (κ1) is 14.4. The van der Waals surface area contributed by atoms with Gasteiger partial charge >= 0.3 is 5.69 Å². The molecule has 1 heterocycles. The minimum absolute atomic E-state index is 0.00566. The van der Waals surface area contributed by atoms with Crippen LogP contribution in [0.15, 0.2) is 24.5 Å². The van der Waals surface area contributed by atoms with Crippen LogP contribution in [0, 0.1) is 15.9 Å². The number of hydrogen-bond acceptors (Lipinski definition) is 8. The molecule has 0 bridgehead atoms. The van der Waals surface area contributed by atoms with Crippen molar-refractivity contribution in [2.45, 2.75) is 0 Å². The van der Waals surface area contributed by atoms with E-state index in [-0.39, 0.29) is 17.4 Å². The number of aromatic nitrogens is 2. The van der Waals surface area contributed by atoms with E-state index in [4.69, 9.17) is 10.6 Å². The van der Waals surface area contributed by atoms with E-state index in [1.54, 1.807) is 0 Å². The summed E-state index contributed by atoms with van der Waals surface area (Å²) in [6, 6.07) is 3.90. The molecule has 0 saturated heterocycles. The van der Waals surface area contributed by atoms with Crippen LogP contribution in [0.3, 0.4) is 0 Å². The van der Waals surface area contributed by atoms with Gasteiger partial charge < -0.3 is 15.5 Å². The topological polar surface area (TPSA) is 128 Å². The Labute approximate surface area is 118 Å². The Morgan fingerprint density at radius 2 is 2.10 bits per heavy atom. The second-order valence-electron chi connectivity index (χ2n) is 3.80. The molecule has 21 heavy (non-hydrogen) atoms. The number of benzene rings is 1. The number of nitrogens with one attached hydrogen (secondary N) is 2. The Balaban J connectivity index is 2.42.